The Bertz CT molecular complexity index is 1140. The predicted octanol–water partition coefficient (Wildman–Crippen LogP) is 5.91. The van der Waals surface area contributed by atoms with Crippen molar-refractivity contribution in [3.8, 4) is 17.1 Å². The van der Waals surface area contributed by atoms with Crippen LogP contribution >= 0.6 is 27.5 Å². The van der Waals surface area contributed by atoms with Gasteiger partial charge in [0.15, 0.2) is 5.82 Å². The van der Waals surface area contributed by atoms with Crippen LogP contribution < -0.4 is 5.32 Å². The van der Waals surface area contributed by atoms with Crippen molar-refractivity contribution in [1.29, 1.82) is 0 Å². The van der Waals surface area contributed by atoms with Gasteiger partial charge in [-0.05, 0) is 55.0 Å². The Kier molecular flexibility index (Phi) is 5.47. The second-order valence-corrected chi connectivity index (χ2v) is 7.84. The first kappa shape index (κ1) is 19.4. The van der Waals surface area contributed by atoms with Crippen LogP contribution in [0.1, 0.15) is 16.2 Å². The number of nitrogens with one attached hydrogen (secondary N) is 1. The third-order valence-corrected chi connectivity index (χ3v) is 4.95. The van der Waals surface area contributed by atoms with E-state index in [1.165, 1.54) is 0 Å². The molecule has 7 heteroatoms. The number of benzene rings is 3. The second-order valence-electron chi connectivity index (χ2n) is 6.48. The Morgan fingerprint density at radius 2 is 1.83 bits per heavy atom. The predicted molar refractivity (Wildman–Crippen MR) is 119 cm³/mol. The first-order valence-electron chi connectivity index (χ1n) is 8.86. The van der Waals surface area contributed by atoms with Gasteiger partial charge in [0.25, 0.3) is 5.91 Å². The molecule has 29 heavy (non-hydrogen) atoms. The molecule has 144 valence electrons. The Hall–Kier alpha value is -2.96. The zero-order valence-electron chi connectivity index (χ0n) is 15.4. The maximum atomic E-state index is 12.8. The van der Waals surface area contributed by atoms with E-state index in [0.717, 1.165) is 21.3 Å². The van der Waals surface area contributed by atoms with Crippen molar-refractivity contribution < 1.29 is 4.79 Å². The van der Waals surface area contributed by atoms with E-state index in [9.17, 15) is 4.79 Å². The van der Waals surface area contributed by atoms with Gasteiger partial charge in [0.05, 0.1) is 5.69 Å². The Morgan fingerprint density at radius 3 is 2.59 bits per heavy atom. The van der Waals surface area contributed by atoms with Gasteiger partial charge in [0.2, 0.25) is 5.82 Å². The molecule has 0 saturated heterocycles. The highest BCUT2D eigenvalue weighted by atomic mass is 79.9. The lowest BCUT2D eigenvalue weighted by atomic mass is 10.2. The SMILES string of the molecule is Cc1cccc(-n2nc(C(=O)Nc3cccc(Br)c3)nc2-c2cccc(Cl)c2)c1. The summed E-state index contributed by atoms with van der Waals surface area (Å²) in [6.45, 7) is 2.00. The molecule has 0 spiro atoms. The fourth-order valence-corrected chi connectivity index (χ4v) is 3.51. The summed E-state index contributed by atoms with van der Waals surface area (Å²) in [4.78, 5) is 17.3. The second kappa shape index (κ2) is 8.19. The number of hydrogen-bond acceptors (Lipinski definition) is 3. The molecule has 4 aromatic rings. The minimum Gasteiger partial charge on any atom is -0.319 e. The van der Waals surface area contributed by atoms with E-state index in [0.29, 0.717) is 16.5 Å². The van der Waals surface area contributed by atoms with Gasteiger partial charge in [-0.25, -0.2) is 9.67 Å². The maximum Gasteiger partial charge on any atom is 0.295 e. The fraction of sp³-hybridized carbons (Fsp3) is 0.0455. The summed E-state index contributed by atoms with van der Waals surface area (Å²) in [6.07, 6.45) is 0. The van der Waals surface area contributed by atoms with Crippen molar-refractivity contribution >= 4 is 39.1 Å². The Balaban J connectivity index is 1.78. The fourth-order valence-electron chi connectivity index (χ4n) is 2.92. The van der Waals surface area contributed by atoms with E-state index in [1.807, 2.05) is 61.5 Å². The number of nitrogens with zero attached hydrogens (tertiary/aromatic N) is 3. The molecule has 0 saturated carbocycles. The molecule has 0 aliphatic rings. The molecule has 0 bridgehead atoms. The van der Waals surface area contributed by atoms with Gasteiger partial charge in [0, 0.05) is 20.7 Å². The minimum atomic E-state index is -0.391. The summed E-state index contributed by atoms with van der Waals surface area (Å²) in [5.41, 5.74) is 3.32. The van der Waals surface area contributed by atoms with Crippen molar-refractivity contribution in [2.45, 2.75) is 6.92 Å². The molecular formula is C22H16BrClN4O. The minimum absolute atomic E-state index is 0.0708. The van der Waals surface area contributed by atoms with Crippen LogP contribution in [0.5, 0.6) is 0 Å². The zero-order valence-corrected chi connectivity index (χ0v) is 17.8. The number of carbonyl (C=O) groups is 1. The van der Waals surface area contributed by atoms with Crippen LogP contribution in [0.15, 0.2) is 77.3 Å². The van der Waals surface area contributed by atoms with Crippen molar-refractivity contribution in [2.75, 3.05) is 5.32 Å². The molecule has 0 aliphatic carbocycles. The topological polar surface area (TPSA) is 59.8 Å². The molecule has 1 N–H and O–H groups in total. The molecule has 3 aromatic carbocycles. The van der Waals surface area contributed by atoms with Gasteiger partial charge in [-0.1, -0.05) is 57.9 Å². The van der Waals surface area contributed by atoms with Gasteiger partial charge in [-0.3, -0.25) is 4.79 Å². The molecule has 1 heterocycles. The first-order valence-corrected chi connectivity index (χ1v) is 10.0. The van der Waals surface area contributed by atoms with Crippen LogP contribution in [-0.2, 0) is 0 Å². The van der Waals surface area contributed by atoms with E-state index in [-0.39, 0.29) is 5.82 Å². The van der Waals surface area contributed by atoms with Crippen LogP contribution in [0.25, 0.3) is 17.1 Å². The standard InChI is InChI=1S/C22H16BrClN4O/c1-14-5-2-10-19(11-14)28-21(15-6-3-8-17(24)12-15)26-20(27-28)22(29)25-18-9-4-7-16(23)13-18/h2-13H,1H3,(H,25,29). The largest absolute Gasteiger partial charge is 0.319 e. The summed E-state index contributed by atoms with van der Waals surface area (Å²) in [5.74, 6) is 0.219. The average molecular weight is 468 g/mol. The van der Waals surface area contributed by atoms with E-state index < -0.39 is 5.91 Å². The summed E-state index contributed by atoms with van der Waals surface area (Å²) >= 11 is 9.57. The highest BCUT2D eigenvalue weighted by Crippen LogP contribution is 2.25. The smallest absolute Gasteiger partial charge is 0.295 e. The van der Waals surface area contributed by atoms with Crippen LogP contribution in [0.2, 0.25) is 5.02 Å². The van der Waals surface area contributed by atoms with Gasteiger partial charge in [0.1, 0.15) is 0 Å². The Morgan fingerprint density at radius 1 is 1.03 bits per heavy atom. The van der Waals surface area contributed by atoms with Crippen LogP contribution in [0.4, 0.5) is 5.69 Å². The Labute approximate surface area is 181 Å². The van der Waals surface area contributed by atoms with E-state index in [1.54, 1.807) is 22.9 Å². The first-order chi connectivity index (χ1) is 14.0. The molecule has 5 nitrogen and oxygen atoms in total. The molecule has 0 aliphatic heterocycles. The number of aryl methyl sites for hydroxylation is 1. The summed E-state index contributed by atoms with van der Waals surface area (Å²) in [5, 5.41) is 7.90. The molecule has 0 atom stereocenters. The molecule has 1 aromatic heterocycles. The third kappa shape index (κ3) is 4.39. The van der Waals surface area contributed by atoms with Crippen LogP contribution in [-0.4, -0.2) is 20.7 Å². The monoisotopic (exact) mass is 466 g/mol. The van der Waals surface area contributed by atoms with Crippen molar-refractivity contribution in [1.82, 2.24) is 14.8 Å². The highest BCUT2D eigenvalue weighted by molar-refractivity contribution is 9.10. The number of hydrogen-bond donors (Lipinski definition) is 1. The number of amides is 1. The molecule has 0 fully saturated rings. The number of rotatable bonds is 4. The molecule has 1 amide bonds. The molecule has 4 rings (SSSR count). The number of halogens is 2. The van der Waals surface area contributed by atoms with E-state index in [4.69, 9.17) is 11.6 Å². The number of carbonyl (C=O) groups excluding carboxylic acids is 1. The summed E-state index contributed by atoms with van der Waals surface area (Å²) < 4.78 is 2.53. The van der Waals surface area contributed by atoms with Crippen LogP contribution in [0.3, 0.4) is 0 Å². The summed E-state index contributed by atoms with van der Waals surface area (Å²) in [7, 11) is 0. The zero-order chi connectivity index (χ0) is 20.4. The molecular weight excluding hydrogens is 452 g/mol. The third-order valence-electron chi connectivity index (χ3n) is 4.22. The van der Waals surface area contributed by atoms with Crippen molar-refractivity contribution in [2.24, 2.45) is 0 Å². The van der Waals surface area contributed by atoms with Gasteiger partial charge < -0.3 is 5.32 Å². The van der Waals surface area contributed by atoms with E-state index in [2.05, 4.69) is 31.3 Å². The van der Waals surface area contributed by atoms with Crippen molar-refractivity contribution in [3.05, 3.63) is 93.7 Å². The summed E-state index contributed by atoms with van der Waals surface area (Å²) in [6, 6.07) is 22.5. The average Bonchev–Trinajstić information content (AvgIpc) is 3.14. The lowest BCUT2D eigenvalue weighted by Gasteiger charge is -2.07. The lowest BCUT2D eigenvalue weighted by Crippen LogP contribution is -2.14. The van der Waals surface area contributed by atoms with Gasteiger partial charge in [-0.2, -0.15) is 0 Å². The van der Waals surface area contributed by atoms with Crippen LogP contribution in [0, 0.1) is 6.92 Å². The normalized spacial score (nSPS) is 10.7. The highest BCUT2D eigenvalue weighted by Gasteiger charge is 2.19. The van der Waals surface area contributed by atoms with E-state index >= 15 is 0 Å². The number of anilines is 1. The van der Waals surface area contributed by atoms with Crippen molar-refractivity contribution in [3.63, 3.8) is 0 Å². The van der Waals surface area contributed by atoms with Gasteiger partial charge >= 0.3 is 0 Å². The maximum absolute atomic E-state index is 12.8. The quantitative estimate of drug-likeness (QED) is 0.406. The molecule has 0 unspecified atom stereocenters. The number of aromatic nitrogens is 3. The van der Waals surface area contributed by atoms with Gasteiger partial charge in [-0.15, -0.1) is 5.10 Å². The molecule has 0 radical (unpaired) electrons. The lowest BCUT2D eigenvalue weighted by molar-refractivity contribution is 0.101.